The molecule has 0 radical (unpaired) electrons. The topological polar surface area (TPSA) is 66.5 Å². The Balaban J connectivity index is 2.17. The van der Waals surface area contributed by atoms with E-state index < -0.39 is 9.84 Å². The number of sulfone groups is 1. The van der Waals surface area contributed by atoms with Crippen LogP contribution in [0.25, 0.3) is 0 Å². The number of nitrogens with one attached hydrogen (secondary N) is 1. The van der Waals surface area contributed by atoms with Crippen molar-refractivity contribution in [3.05, 3.63) is 24.3 Å². The van der Waals surface area contributed by atoms with Gasteiger partial charge < -0.3 is 10.2 Å². The number of carbonyl (C=O) groups excluding carboxylic acids is 1. The van der Waals surface area contributed by atoms with Gasteiger partial charge in [0.05, 0.1) is 15.9 Å². The largest absolute Gasteiger partial charge is 0.336 e. The Morgan fingerprint density at radius 2 is 2.12 bits per heavy atom. The van der Waals surface area contributed by atoms with Gasteiger partial charge in [0, 0.05) is 30.6 Å². The Bertz CT molecular complexity index is 676. The van der Waals surface area contributed by atoms with E-state index in [4.69, 9.17) is 0 Å². The van der Waals surface area contributed by atoms with Gasteiger partial charge in [0.2, 0.25) is 5.91 Å². The summed E-state index contributed by atoms with van der Waals surface area (Å²) in [6.07, 6.45) is 0.577. The van der Waals surface area contributed by atoms with Crippen LogP contribution in [0, 0.1) is 0 Å². The molecule has 5 nitrogen and oxygen atoms in total. The fourth-order valence-electron chi connectivity index (χ4n) is 2.83. The maximum absolute atomic E-state index is 12.7. The first-order chi connectivity index (χ1) is 11.4. The van der Waals surface area contributed by atoms with Crippen LogP contribution in [-0.2, 0) is 14.6 Å². The number of piperazine rings is 1. The van der Waals surface area contributed by atoms with Gasteiger partial charge in [-0.2, -0.15) is 0 Å². The third-order valence-electron chi connectivity index (χ3n) is 4.09. The Hall–Kier alpha value is -1.05. The second-order valence-electron chi connectivity index (χ2n) is 6.11. The highest BCUT2D eigenvalue weighted by Gasteiger charge is 2.28. The summed E-state index contributed by atoms with van der Waals surface area (Å²) in [4.78, 5) is 15.6. The predicted molar refractivity (Wildman–Crippen MR) is 98.1 cm³/mol. The Kier molecular flexibility index (Phi) is 6.71. The first-order valence-corrected chi connectivity index (χ1v) is 10.9. The van der Waals surface area contributed by atoms with Gasteiger partial charge in [0.25, 0.3) is 0 Å². The van der Waals surface area contributed by atoms with E-state index >= 15 is 0 Å². The SMILES string of the molecule is CCCS(=O)(=O)c1ccccc1SC(C)C(=O)N1CCNC[C@@H]1C. The van der Waals surface area contributed by atoms with Crippen LogP contribution in [0.5, 0.6) is 0 Å². The van der Waals surface area contributed by atoms with E-state index in [1.54, 1.807) is 18.2 Å². The van der Waals surface area contributed by atoms with Crippen molar-refractivity contribution in [1.29, 1.82) is 0 Å². The molecule has 24 heavy (non-hydrogen) atoms. The lowest BCUT2D eigenvalue weighted by atomic mass is 10.2. The van der Waals surface area contributed by atoms with Crippen molar-refractivity contribution < 1.29 is 13.2 Å². The predicted octanol–water partition coefficient (Wildman–Crippen LogP) is 2.17. The van der Waals surface area contributed by atoms with Crippen LogP contribution >= 0.6 is 11.8 Å². The van der Waals surface area contributed by atoms with E-state index in [2.05, 4.69) is 5.32 Å². The van der Waals surface area contributed by atoms with Gasteiger partial charge >= 0.3 is 0 Å². The third kappa shape index (κ3) is 4.52. The summed E-state index contributed by atoms with van der Waals surface area (Å²) >= 11 is 1.34. The second kappa shape index (κ2) is 8.36. The first-order valence-electron chi connectivity index (χ1n) is 8.36. The molecule has 1 N–H and O–H groups in total. The number of benzene rings is 1. The quantitative estimate of drug-likeness (QED) is 0.778. The lowest BCUT2D eigenvalue weighted by Crippen LogP contribution is -2.54. The van der Waals surface area contributed by atoms with E-state index in [-0.39, 0.29) is 23.0 Å². The molecule has 2 atom stereocenters. The van der Waals surface area contributed by atoms with Crippen LogP contribution in [0.15, 0.2) is 34.1 Å². The minimum absolute atomic E-state index is 0.0664. The number of nitrogens with zero attached hydrogens (tertiary/aromatic N) is 1. The number of hydrogen-bond donors (Lipinski definition) is 1. The second-order valence-corrected chi connectivity index (χ2v) is 9.57. The van der Waals surface area contributed by atoms with Gasteiger partial charge in [-0.05, 0) is 32.4 Å². The summed E-state index contributed by atoms with van der Waals surface area (Å²) in [7, 11) is -3.30. The van der Waals surface area contributed by atoms with Gasteiger partial charge in [-0.15, -0.1) is 11.8 Å². The van der Waals surface area contributed by atoms with Crippen molar-refractivity contribution in [2.24, 2.45) is 0 Å². The molecule has 1 aliphatic heterocycles. The lowest BCUT2D eigenvalue weighted by molar-refractivity contribution is -0.133. The number of amides is 1. The van der Waals surface area contributed by atoms with Crippen molar-refractivity contribution in [3.8, 4) is 0 Å². The maximum Gasteiger partial charge on any atom is 0.236 e. The molecule has 0 saturated carbocycles. The van der Waals surface area contributed by atoms with Crippen molar-refractivity contribution in [1.82, 2.24) is 10.2 Å². The summed E-state index contributed by atoms with van der Waals surface area (Å²) in [5.41, 5.74) is 0. The third-order valence-corrected chi connectivity index (χ3v) is 7.36. The fourth-order valence-corrected chi connectivity index (χ4v) is 5.73. The van der Waals surface area contributed by atoms with Gasteiger partial charge in [0.1, 0.15) is 0 Å². The van der Waals surface area contributed by atoms with Crippen LogP contribution in [0.3, 0.4) is 0 Å². The van der Waals surface area contributed by atoms with Crippen LogP contribution in [0.1, 0.15) is 27.2 Å². The number of carbonyl (C=O) groups is 1. The molecular formula is C17H26N2O3S2. The zero-order valence-corrected chi connectivity index (χ0v) is 16.1. The van der Waals surface area contributed by atoms with Crippen molar-refractivity contribution in [2.45, 2.75) is 48.3 Å². The summed E-state index contributed by atoms with van der Waals surface area (Å²) < 4.78 is 24.9. The van der Waals surface area contributed by atoms with E-state index in [0.29, 0.717) is 22.8 Å². The van der Waals surface area contributed by atoms with E-state index in [9.17, 15) is 13.2 Å². The molecular weight excluding hydrogens is 344 g/mol. The molecule has 0 spiro atoms. The molecule has 1 aromatic carbocycles. The van der Waals surface area contributed by atoms with Crippen LogP contribution in [-0.4, -0.2) is 55.9 Å². The highest BCUT2D eigenvalue weighted by molar-refractivity contribution is 8.01. The molecule has 7 heteroatoms. The van der Waals surface area contributed by atoms with Crippen LogP contribution in [0.4, 0.5) is 0 Å². The number of hydrogen-bond acceptors (Lipinski definition) is 5. The van der Waals surface area contributed by atoms with Gasteiger partial charge in [-0.1, -0.05) is 19.1 Å². The molecule has 1 unspecified atom stereocenters. The molecule has 134 valence electrons. The maximum atomic E-state index is 12.7. The lowest BCUT2D eigenvalue weighted by Gasteiger charge is -2.35. The molecule has 1 amide bonds. The minimum atomic E-state index is -3.30. The highest BCUT2D eigenvalue weighted by Crippen LogP contribution is 2.31. The van der Waals surface area contributed by atoms with E-state index in [0.717, 1.165) is 13.1 Å². The normalized spacial score (nSPS) is 20.0. The van der Waals surface area contributed by atoms with E-state index in [1.807, 2.05) is 31.7 Å². The molecule has 1 fully saturated rings. The standard InChI is InChI=1S/C17H26N2O3S2/c1-4-11-24(21,22)16-8-6-5-7-15(16)23-14(3)17(20)19-10-9-18-12-13(19)2/h5-8,13-14,18H,4,9-12H2,1-3H3/t13-,14?/m0/s1. The number of thioether (sulfide) groups is 1. The summed E-state index contributed by atoms with van der Waals surface area (Å²) in [6, 6.07) is 7.14. The first kappa shape index (κ1) is 19.3. The average molecular weight is 371 g/mol. The van der Waals surface area contributed by atoms with Crippen molar-refractivity contribution in [2.75, 3.05) is 25.4 Å². The summed E-state index contributed by atoms with van der Waals surface area (Å²) in [5, 5.41) is 2.95. The zero-order valence-electron chi connectivity index (χ0n) is 14.5. The minimum Gasteiger partial charge on any atom is -0.336 e. The molecule has 1 saturated heterocycles. The fraction of sp³-hybridized carbons (Fsp3) is 0.588. The van der Waals surface area contributed by atoms with Crippen molar-refractivity contribution >= 4 is 27.5 Å². The molecule has 1 aliphatic rings. The molecule has 0 aliphatic carbocycles. The van der Waals surface area contributed by atoms with Crippen LogP contribution in [0.2, 0.25) is 0 Å². The van der Waals surface area contributed by atoms with E-state index in [1.165, 1.54) is 11.8 Å². The Morgan fingerprint density at radius 1 is 1.42 bits per heavy atom. The van der Waals surface area contributed by atoms with Crippen LogP contribution < -0.4 is 5.32 Å². The number of rotatable bonds is 6. The van der Waals surface area contributed by atoms with Gasteiger partial charge in [-0.3, -0.25) is 4.79 Å². The summed E-state index contributed by atoms with van der Waals surface area (Å²) in [5.74, 6) is 0.193. The molecule has 0 aromatic heterocycles. The zero-order chi connectivity index (χ0) is 17.7. The smallest absolute Gasteiger partial charge is 0.236 e. The van der Waals surface area contributed by atoms with Gasteiger partial charge in [0.15, 0.2) is 9.84 Å². The molecule has 1 aromatic rings. The Labute approximate surface area is 149 Å². The van der Waals surface area contributed by atoms with Crippen molar-refractivity contribution in [3.63, 3.8) is 0 Å². The molecule has 2 rings (SSSR count). The highest BCUT2D eigenvalue weighted by atomic mass is 32.2. The Morgan fingerprint density at radius 3 is 2.79 bits per heavy atom. The monoisotopic (exact) mass is 370 g/mol. The molecule has 0 bridgehead atoms. The van der Waals surface area contributed by atoms with Gasteiger partial charge in [-0.25, -0.2) is 8.42 Å². The molecule has 1 heterocycles. The summed E-state index contributed by atoms with van der Waals surface area (Å²) in [6.45, 7) is 8.03. The average Bonchev–Trinajstić information content (AvgIpc) is 2.55.